The first-order valence-corrected chi connectivity index (χ1v) is 6.43. The van der Waals surface area contributed by atoms with Gasteiger partial charge in [-0.15, -0.1) is 0 Å². The highest BCUT2D eigenvalue weighted by molar-refractivity contribution is 4.86. The molecule has 0 aliphatic carbocycles. The predicted octanol–water partition coefficient (Wildman–Crippen LogP) is 2.14. The van der Waals surface area contributed by atoms with E-state index in [0.717, 1.165) is 5.82 Å². The van der Waals surface area contributed by atoms with Crippen molar-refractivity contribution in [2.75, 3.05) is 13.2 Å². The highest BCUT2D eigenvalue weighted by atomic mass is 19.4. The predicted molar refractivity (Wildman–Crippen MR) is 68.1 cm³/mol. The summed E-state index contributed by atoms with van der Waals surface area (Å²) >= 11 is 0. The van der Waals surface area contributed by atoms with Crippen molar-refractivity contribution >= 4 is 0 Å². The Labute approximate surface area is 116 Å². The second-order valence-electron chi connectivity index (χ2n) is 5.52. The van der Waals surface area contributed by atoms with E-state index in [0.29, 0.717) is 19.5 Å². The summed E-state index contributed by atoms with van der Waals surface area (Å²) in [5.74, 6) is 0.760. The third-order valence-corrected chi connectivity index (χ3v) is 2.40. The van der Waals surface area contributed by atoms with Gasteiger partial charge < -0.3 is 10.1 Å². The van der Waals surface area contributed by atoms with Gasteiger partial charge in [0.05, 0.1) is 6.54 Å². The van der Waals surface area contributed by atoms with Gasteiger partial charge in [-0.3, -0.25) is 0 Å². The van der Waals surface area contributed by atoms with E-state index in [-0.39, 0.29) is 12.1 Å². The molecule has 0 spiro atoms. The number of halogens is 3. The Balaban J connectivity index is 2.29. The van der Waals surface area contributed by atoms with Gasteiger partial charge in [0, 0.05) is 18.7 Å². The number of alkyl halides is 3. The number of nitrogens with one attached hydrogen (secondary N) is 1. The van der Waals surface area contributed by atoms with Gasteiger partial charge in [0.25, 0.3) is 0 Å². The van der Waals surface area contributed by atoms with Crippen molar-refractivity contribution in [2.24, 2.45) is 0 Å². The molecule has 0 unspecified atom stereocenters. The Morgan fingerprint density at radius 2 is 2.00 bits per heavy atom. The van der Waals surface area contributed by atoms with E-state index in [2.05, 4.69) is 20.1 Å². The molecule has 1 heterocycles. The summed E-state index contributed by atoms with van der Waals surface area (Å²) in [6.45, 7) is 6.01. The van der Waals surface area contributed by atoms with Gasteiger partial charge >= 0.3 is 6.18 Å². The molecule has 0 atom stereocenters. The van der Waals surface area contributed by atoms with Crippen LogP contribution in [-0.2, 0) is 17.8 Å². The molecule has 116 valence electrons. The monoisotopic (exact) mass is 294 g/mol. The van der Waals surface area contributed by atoms with Crippen LogP contribution < -0.4 is 5.32 Å². The topological polar surface area (TPSA) is 52.0 Å². The SMILES string of the molecule is CC(C)(C)NCc1ncnn1CCCOCC(F)(F)F. The normalized spacial score (nSPS) is 12.9. The van der Waals surface area contributed by atoms with Crippen molar-refractivity contribution in [3.05, 3.63) is 12.2 Å². The molecule has 1 N–H and O–H groups in total. The van der Waals surface area contributed by atoms with Crippen molar-refractivity contribution in [3.8, 4) is 0 Å². The summed E-state index contributed by atoms with van der Waals surface area (Å²) in [6, 6.07) is 0. The van der Waals surface area contributed by atoms with Crippen molar-refractivity contribution in [3.63, 3.8) is 0 Å². The number of hydrogen-bond donors (Lipinski definition) is 1. The second-order valence-corrected chi connectivity index (χ2v) is 5.52. The van der Waals surface area contributed by atoms with E-state index in [1.54, 1.807) is 4.68 Å². The lowest BCUT2D eigenvalue weighted by molar-refractivity contribution is -0.174. The summed E-state index contributed by atoms with van der Waals surface area (Å²) in [5, 5.41) is 7.33. The van der Waals surface area contributed by atoms with Crippen LogP contribution in [-0.4, -0.2) is 39.7 Å². The van der Waals surface area contributed by atoms with Crippen LogP contribution in [0.3, 0.4) is 0 Å². The molecule has 0 bridgehead atoms. The van der Waals surface area contributed by atoms with Crippen LogP contribution in [0.1, 0.15) is 33.0 Å². The molecule has 0 aliphatic rings. The molecule has 0 aromatic carbocycles. The Morgan fingerprint density at radius 1 is 1.30 bits per heavy atom. The third kappa shape index (κ3) is 7.44. The van der Waals surface area contributed by atoms with Gasteiger partial charge in [0.2, 0.25) is 0 Å². The maximum absolute atomic E-state index is 11.9. The molecule has 8 heteroatoms. The Bertz CT molecular complexity index is 398. The van der Waals surface area contributed by atoms with Crippen LogP contribution in [0, 0.1) is 0 Å². The first kappa shape index (κ1) is 16.9. The molecule has 0 fully saturated rings. The quantitative estimate of drug-likeness (QED) is 0.783. The number of aryl methyl sites for hydroxylation is 1. The molecule has 0 saturated heterocycles. The van der Waals surface area contributed by atoms with Crippen molar-refractivity contribution < 1.29 is 17.9 Å². The fourth-order valence-corrected chi connectivity index (χ4v) is 1.46. The van der Waals surface area contributed by atoms with Crippen molar-refractivity contribution in [1.29, 1.82) is 0 Å². The summed E-state index contributed by atoms with van der Waals surface area (Å²) in [4.78, 5) is 4.13. The smallest absolute Gasteiger partial charge is 0.372 e. The maximum Gasteiger partial charge on any atom is 0.411 e. The summed E-state index contributed by atoms with van der Waals surface area (Å²) < 4.78 is 41.8. The van der Waals surface area contributed by atoms with E-state index in [1.165, 1.54) is 6.33 Å². The maximum atomic E-state index is 11.9. The lowest BCUT2D eigenvalue weighted by Crippen LogP contribution is -2.36. The first-order chi connectivity index (χ1) is 9.17. The van der Waals surface area contributed by atoms with Crippen LogP contribution in [0.4, 0.5) is 13.2 Å². The van der Waals surface area contributed by atoms with E-state index < -0.39 is 12.8 Å². The molecular formula is C12H21F3N4O. The number of aromatic nitrogens is 3. The van der Waals surface area contributed by atoms with E-state index in [4.69, 9.17) is 0 Å². The van der Waals surface area contributed by atoms with Crippen LogP contribution in [0.15, 0.2) is 6.33 Å². The number of ether oxygens (including phenoxy) is 1. The van der Waals surface area contributed by atoms with Gasteiger partial charge in [0.1, 0.15) is 18.8 Å². The zero-order chi connectivity index (χ0) is 15.2. The number of hydrogen-bond acceptors (Lipinski definition) is 4. The summed E-state index contributed by atoms with van der Waals surface area (Å²) in [5.41, 5.74) is -0.0351. The van der Waals surface area contributed by atoms with Crippen LogP contribution in [0.2, 0.25) is 0 Å². The van der Waals surface area contributed by atoms with E-state index in [1.807, 2.05) is 20.8 Å². The highest BCUT2D eigenvalue weighted by Crippen LogP contribution is 2.14. The second kappa shape index (κ2) is 7.03. The average molecular weight is 294 g/mol. The Morgan fingerprint density at radius 3 is 2.60 bits per heavy atom. The molecule has 0 aliphatic heterocycles. The average Bonchev–Trinajstić information content (AvgIpc) is 2.71. The molecule has 1 rings (SSSR count). The minimum atomic E-state index is -4.27. The first-order valence-electron chi connectivity index (χ1n) is 6.43. The van der Waals surface area contributed by atoms with Gasteiger partial charge in [-0.1, -0.05) is 0 Å². The third-order valence-electron chi connectivity index (χ3n) is 2.40. The van der Waals surface area contributed by atoms with Crippen LogP contribution in [0.25, 0.3) is 0 Å². The molecule has 0 saturated carbocycles. The zero-order valence-corrected chi connectivity index (χ0v) is 12.0. The van der Waals surface area contributed by atoms with Crippen molar-refractivity contribution in [2.45, 2.75) is 52.0 Å². The molecule has 20 heavy (non-hydrogen) atoms. The number of nitrogens with zero attached hydrogens (tertiary/aromatic N) is 3. The minimum absolute atomic E-state index is 0.0351. The fraction of sp³-hybridized carbons (Fsp3) is 0.833. The van der Waals surface area contributed by atoms with Gasteiger partial charge in [0.15, 0.2) is 0 Å². The molecule has 1 aromatic heterocycles. The van der Waals surface area contributed by atoms with Crippen molar-refractivity contribution in [1.82, 2.24) is 20.1 Å². The summed E-state index contributed by atoms with van der Waals surface area (Å²) in [7, 11) is 0. The standard InChI is InChI=1S/C12H21F3N4O/c1-11(2,3)17-7-10-16-9-18-19(10)5-4-6-20-8-12(13,14)15/h9,17H,4-8H2,1-3H3. The van der Waals surface area contributed by atoms with E-state index >= 15 is 0 Å². The lowest BCUT2D eigenvalue weighted by atomic mass is 10.1. The molecule has 1 aromatic rings. The van der Waals surface area contributed by atoms with Gasteiger partial charge in [-0.05, 0) is 27.2 Å². The van der Waals surface area contributed by atoms with Gasteiger partial charge in [-0.25, -0.2) is 9.67 Å². The Kier molecular flexibility index (Phi) is 5.94. The van der Waals surface area contributed by atoms with E-state index in [9.17, 15) is 13.2 Å². The fourth-order valence-electron chi connectivity index (χ4n) is 1.46. The summed E-state index contributed by atoms with van der Waals surface area (Å²) in [6.07, 6.45) is -2.37. The number of rotatable bonds is 7. The Hall–Kier alpha value is -1.15. The van der Waals surface area contributed by atoms with Crippen LogP contribution >= 0.6 is 0 Å². The minimum Gasteiger partial charge on any atom is -0.372 e. The molecule has 0 radical (unpaired) electrons. The van der Waals surface area contributed by atoms with Gasteiger partial charge in [-0.2, -0.15) is 18.3 Å². The van der Waals surface area contributed by atoms with Crippen LogP contribution in [0.5, 0.6) is 0 Å². The molecule has 5 nitrogen and oxygen atoms in total. The molecular weight excluding hydrogens is 273 g/mol. The highest BCUT2D eigenvalue weighted by Gasteiger charge is 2.27. The largest absolute Gasteiger partial charge is 0.411 e. The molecule has 0 amide bonds. The lowest BCUT2D eigenvalue weighted by Gasteiger charge is -2.20. The zero-order valence-electron chi connectivity index (χ0n) is 12.0.